The lowest BCUT2D eigenvalue weighted by atomic mass is 10.0. The van der Waals surface area contributed by atoms with E-state index in [2.05, 4.69) is 10.6 Å². The number of carbonyl (C=O) groups is 3. The number of hydrogen-bond donors (Lipinski definition) is 2. The minimum atomic E-state index is -0.769. The molecule has 7 nitrogen and oxygen atoms in total. The van der Waals surface area contributed by atoms with Crippen LogP contribution >= 0.6 is 0 Å². The maximum absolute atomic E-state index is 13.0. The van der Waals surface area contributed by atoms with Gasteiger partial charge in [0.2, 0.25) is 5.91 Å². The van der Waals surface area contributed by atoms with E-state index in [1.165, 1.54) is 12.0 Å². The highest BCUT2D eigenvalue weighted by Crippen LogP contribution is 2.26. The number of amides is 3. The lowest BCUT2D eigenvalue weighted by molar-refractivity contribution is -0.118. The molecular weight excluding hydrogens is 382 g/mol. The van der Waals surface area contributed by atoms with Crippen LogP contribution in [0, 0.1) is 12.8 Å². The normalized spacial score (nSPS) is 11.6. The molecule has 160 valence electrons. The first kappa shape index (κ1) is 22.9. The van der Waals surface area contributed by atoms with Gasteiger partial charge < -0.3 is 20.3 Å². The number of benzene rings is 2. The molecule has 2 rings (SSSR count). The Balaban J connectivity index is 2.26. The van der Waals surface area contributed by atoms with Crippen molar-refractivity contribution < 1.29 is 19.1 Å². The number of aryl methyl sites for hydroxylation is 1. The van der Waals surface area contributed by atoms with Crippen molar-refractivity contribution >= 4 is 23.4 Å². The van der Waals surface area contributed by atoms with Crippen molar-refractivity contribution in [1.82, 2.24) is 10.2 Å². The van der Waals surface area contributed by atoms with E-state index in [0.717, 1.165) is 5.56 Å². The lowest BCUT2D eigenvalue weighted by Gasteiger charge is -2.23. The monoisotopic (exact) mass is 411 g/mol. The number of nitrogens with zero attached hydrogens (tertiary/aromatic N) is 1. The zero-order chi connectivity index (χ0) is 22.4. The fraction of sp³-hybridized carbons (Fsp3) is 0.348. The molecule has 0 aliphatic rings. The molecule has 1 unspecified atom stereocenters. The molecule has 0 fully saturated rings. The van der Waals surface area contributed by atoms with Crippen LogP contribution in [0.3, 0.4) is 0 Å². The van der Waals surface area contributed by atoms with Crippen molar-refractivity contribution in [2.75, 3.05) is 26.5 Å². The van der Waals surface area contributed by atoms with Crippen molar-refractivity contribution in [1.29, 1.82) is 0 Å². The van der Waals surface area contributed by atoms with Gasteiger partial charge in [-0.05, 0) is 42.7 Å². The van der Waals surface area contributed by atoms with Crippen molar-refractivity contribution in [2.24, 2.45) is 5.92 Å². The molecule has 0 heterocycles. The van der Waals surface area contributed by atoms with Crippen molar-refractivity contribution in [2.45, 2.75) is 26.8 Å². The molecular formula is C23H29N3O4. The van der Waals surface area contributed by atoms with Gasteiger partial charge >= 0.3 is 0 Å². The maximum atomic E-state index is 13.0. The third-order valence-electron chi connectivity index (χ3n) is 4.74. The van der Waals surface area contributed by atoms with Crippen LogP contribution < -0.4 is 15.4 Å². The topological polar surface area (TPSA) is 87.7 Å². The Morgan fingerprint density at radius 2 is 1.70 bits per heavy atom. The number of ether oxygens (including phenoxy) is 1. The third kappa shape index (κ3) is 5.37. The summed E-state index contributed by atoms with van der Waals surface area (Å²) in [6, 6.07) is 11.3. The van der Waals surface area contributed by atoms with Gasteiger partial charge in [-0.15, -0.1) is 0 Å². The Bertz CT molecular complexity index is 938. The first-order valence-electron chi connectivity index (χ1n) is 9.72. The molecule has 2 aromatic carbocycles. The number of anilines is 1. The summed E-state index contributed by atoms with van der Waals surface area (Å²) in [5, 5.41) is 5.62. The molecule has 3 amide bonds. The van der Waals surface area contributed by atoms with Crippen molar-refractivity contribution in [3.63, 3.8) is 0 Å². The molecule has 0 spiro atoms. The minimum Gasteiger partial charge on any atom is -0.495 e. The van der Waals surface area contributed by atoms with E-state index in [0.29, 0.717) is 22.6 Å². The van der Waals surface area contributed by atoms with Crippen LogP contribution in [0.25, 0.3) is 0 Å². The summed E-state index contributed by atoms with van der Waals surface area (Å²) in [5.74, 6) is -0.631. The summed E-state index contributed by atoms with van der Waals surface area (Å²) in [5.41, 5.74) is 2.13. The second-order valence-corrected chi connectivity index (χ2v) is 7.61. The van der Waals surface area contributed by atoms with Crippen LogP contribution in [-0.2, 0) is 4.79 Å². The summed E-state index contributed by atoms with van der Waals surface area (Å²) in [6.45, 7) is 5.55. The molecule has 0 saturated heterocycles. The van der Waals surface area contributed by atoms with Crippen molar-refractivity contribution in [3.05, 3.63) is 59.2 Å². The van der Waals surface area contributed by atoms with Gasteiger partial charge in [0, 0.05) is 25.2 Å². The maximum Gasteiger partial charge on any atom is 0.253 e. The van der Waals surface area contributed by atoms with Crippen LogP contribution in [0.4, 0.5) is 5.69 Å². The average Bonchev–Trinajstić information content (AvgIpc) is 2.71. The van der Waals surface area contributed by atoms with Gasteiger partial charge in [0.05, 0.1) is 12.8 Å². The minimum absolute atomic E-state index is 0.157. The van der Waals surface area contributed by atoms with E-state index in [1.807, 2.05) is 32.9 Å². The van der Waals surface area contributed by atoms with Crippen molar-refractivity contribution in [3.8, 4) is 5.75 Å². The van der Waals surface area contributed by atoms with E-state index in [-0.39, 0.29) is 23.6 Å². The Hall–Kier alpha value is -3.35. The molecule has 1 atom stereocenters. The Kier molecular flexibility index (Phi) is 7.58. The molecule has 7 heteroatoms. The van der Waals surface area contributed by atoms with Gasteiger partial charge in [0.25, 0.3) is 11.8 Å². The van der Waals surface area contributed by atoms with Gasteiger partial charge in [0.1, 0.15) is 11.8 Å². The molecule has 0 radical (unpaired) electrons. The van der Waals surface area contributed by atoms with E-state index >= 15 is 0 Å². The Morgan fingerprint density at radius 1 is 1.03 bits per heavy atom. The summed E-state index contributed by atoms with van der Waals surface area (Å²) >= 11 is 0. The number of rotatable bonds is 7. The van der Waals surface area contributed by atoms with E-state index in [9.17, 15) is 14.4 Å². The van der Waals surface area contributed by atoms with E-state index in [4.69, 9.17) is 4.74 Å². The number of methoxy groups -OCH3 is 1. The number of nitrogens with one attached hydrogen (secondary N) is 2. The van der Waals surface area contributed by atoms with Gasteiger partial charge in [0.15, 0.2) is 0 Å². The van der Waals surface area contributed by atoms with Crippen LogP contribution in [-0.4, -0.2) is 49.9 Å². The van der Waals surface area contributed by atoms with Gasteiger partial charge in [-0.1, -0.05) is 32.0 Å². The Morgan fingerprint density at radius 3 is 2.27 bits per heavy atom. The first-order chi connectivity index (χ1) is 14.1. The van der Waals surface area contributed by atoms with Crippen LogP contribution in [0.1, 0.15) is 40.1 Å². The fourth-order valence-electron chi connectivity index (χ4n) is 2.99. The van der Waals surface area contributed by atoms with Gasteiger partial charge in [-0.2, -0.15) is 0 Å². The Labute approximate surface area is 177 Å². The fourth-order valence-corrected chi connectivity index (χ4v) is 2.99. The van der Waals surface area contributed by atoms with Gasteiger partial charge in [-0.25, -0.2) is 0 Å². The highest BCUT2D eigenvalue weighted by Gasteiger charge is 2.26. The third-order valence-corrected chi connectivity index (χ3v) is 4.74. The molecule has 0 aromatic heterocycles. The number of hydrogen-bond acceptors (Lipinski definition) is 4. The largest absolute Gasteiger partial charge is 0.495 e. The summed E-state index contributed by atoms with van der Waals surface area (Å²) in [4.78, 5) is 39.5. The summed E-state index contributed by atoms with van der Waals surface area (Å²) in [7, 11) is 4.79. The summed E-state index contributed by atoms with van der Waals surface area (Å²) < 4.78 is 5.32. The van der Waals surface area contributed by atoms with E-state index < -0.39 is 6.04 Å². The summed E-state index contributed by atoms with van der Waals surface area (Å²) in [6.07, 6.45) is 0. The molecule has 30 heavy (non-hydrogen) atoms. The van der Waals surface area contributed by atoms with Crippen LogP contribution in [0.5, 0.6) is 5.75 Å². The standard InChI is InChI=1S/C23H29N3O4/c1-14(2)20(25-21(27)17-10-8-7-9-15(17)3)22(28)24-18-13-16(23(29)26(4)5)11-12-19(18)30-6/h7-14,20H,1-6H3,(H,24,28)(H,25,27). The molecule has 0 aliphatic carbocycles. The second-order valence-electron chi connectivity index (χ2n) is 7.61. The second kappa shape index (κ2) is 9.91. The van der Waals surface area contributed by atoms with E-state index in [1.54, 1.807) is 44.4 Å². The highest BCUT2D eigenvalue weighted by molar-refractivity contribution is 6.03. The predicted octanol–water partition coefficient (Wildman–Crippen LogP) is 3.10. The first-order valence-corrected chi connectivity index (χ1v) is 9.72. The molecule has 2 N–H and O–H groups in total. The molecule has 0 aliphatic heterocycles. The molecule has 2 aromatic rings. The SMILES string of the molecule is COc1ccc(C(=O)N(C)C)cc1NC(=O)C(NC(=O)c1ccccc1C)C(C)C. The van der Waals surface area contributed by atoms with Gasteiger partial charge in [-0.3, -0.25) is 14.4 Å². The zero-order valence-corrected chi connectivity index (χ0v) is 18.3. The number of carbonyl (C=O) groups excluding carboxylic acids is 3. The zero-order valence-electron chi connectivity index (χ0n) is 18.3. The predicted molar refractivity (Wildman–Crippen MR) is 117 cm³/mol. The average molecular weight is 412 g/mol. The van der Waals surface area contributed by atoms with Crippen LogP contribution in [0.15, 0.2) is 42.5 Å². The molecule has 0 saturated carbocycles. The highest BCUT2D eigenvalue weighted by atomic mass is 16.5. The quantitative estimate of drug-likeness (QED) is 0.733. The van der Waals surface area contributed by atoms with Crippen LogP contribution in [0.2, 0.25) is 0 Å². The smallest absolute Gasteiger partial charge is 0.253 e. The lowest BCUT2D eigenvalue weighted by Crippen LogP contribution is -2.47. The molecule has 0 bridgehead atoms.